The van der Waals surface area contributed by atoms with Crippen LogP contribution in [0.2, 0.25) is 0 Å². The molecule has 27 heavy (non-hydrogen) atoms. The zero-order valence-electron chi connectivity index (χ0n) is 14.5. The Labute approximate surface area is 156 Å². The van der Waals surface area contributed by atoms with Crippen LogP contribution in [0, 0.1) is 0 Å². The van der Waals surface area contributed by atoms with Crippen LogP contribution in [0.4, 0.5) is 10.5 Å². The zero-order valence-corrected chi connectivity index (χ0v) is 14.5. The van der Waals surface area contributed by atoms with Gasteiger partial charge in [0.25, 0.3) is 5.91 Å². The first-order chi connectivity index (χ1) is 13.2. The molecule has 0 aliphatic heterocycles. The maximum Gasteiger partial charge on any atom is 0.329 e. The Morgan fingerprint density at radius 1 is 0.926 bits per heavy atom. The number of nitrogens with one attached hydrogen (secondary N) is 1. The van der Waals surface area contributed by atoms with E-state index in [0.717, 1.165) is 21.2 Å². The van der Waals surface area contributed by atoms with Gasteiger partial charge in [0.05, 0.1) is 12.2 Å². The van der Waals surface area contributed by atoms with Crippen LogP contribution < -0.4 is 5.32 Å². The van der Waals surface area contributed by atoms with Gasteiger partial charge in [-0.2, -0.15) is 0 Å². The van der Waals surface area contributed by atoms with Crippen LogP contribution in [-0.4, -0.2) is 29.7 Å². The van der Waals surface area contributed by atoms with Crippen LogP contribution in [-0.2, 0) is 9.59 Å². The number of carbonyl (C=O) groups excluding carboxylic acids is 3. The SMILES string of the molecule is O=[C]CN(C(=O)/C=C/c1ccccc1)C(=O)Nc1cccc2ccccc12. The van der Waals surface area contributed by atoms with E-state index in [-0.39, 0.29) is 0 Å². The van der Waals surface area contributed by atoms with E-state index in [1.54, 1.807) is 18.4 Å². The second kappa shape index (κ2) is 8.58. The molecule has 0 fully saturated rings. The van der Waals surface area contributed by atoms with E-state index in [2.05, 4.69) is 5.32 Å². The molecule has 0 atom stereocenters. The minimum absolute atomic E-state index is 0.450. The Bertz CT molecular complexity index is 991. The van der Waals surface area contributed by atoms with Crippen molar-refractivity contribution < 1.29 is 14.4 Å². The van der Waals surface area contributed by atoms with Crippen molar-refractivity contribution in [1.82, 2.24) is 4.90 Å². The van der Waals surface area contributed by atoms with E-state index in [1.807, 2.05) is 66.7 Å². The molecule has 0 aliphatic rings. The van der Waals surface area contributed by atoms with Crippen molar-refractivity contribution >= 4 is 40.8 Å². The molecule has 0 saturated heterocycles. The van der Waals surface area contributed by atoms with Crippen molar-refractivity contribution in [2.75, 3.05) is 11.9 Å². The standard InChI is InChI=1S/C22H17N2O3/c25-16-15-24(21(26)14-13-17-7-2-1-3-8-17)22(27)23-20-12-6-10-18-9-4-5-11-19(18)20/h1-14H,15H2,(H,23,27)/b14-13+. The van der Waals surface area contributed by atoms with Gasteiger partial charge in [-0.3, -0.25) is 14.5 Å². The van der Waals surface area contributed by atoms with Crippen LogP contribution in [0.1, 0.15) is 5.56 Å². The fraction of sp³-hybridized carbons (Fsp3) is 0.0455. The van der Waals surface area contributed by atoms with Gasteiger partial charge < -0.3 is 5.32 Å². The van der Waals surface area contributed by atoms with Gasteiger partial charge in [-0.15, -0.1) is 0 Å². The lowest BCUT2D eigenvalue weighted by atomic mass is 10.1. The number of benzene rings is 3. The van der Waals surface area contributed by atoms with Gasteiger partial charge in [0.1, 0.15) is 0 Å². The number of amides is 3. The Hall–Kier alpha value is -3.73. The van der Waals surface area contributed by atoms with Gasteiger partial charge in [-0.25, -0.2) is 4.79 Å². The monoisotopic (exact) mass is 357 g/mol. The van der Waals surface area contributed by atoms with Crippen molar-refractivity contribution in [1.29, 1.82) is 0 Å². The number of rotatable bonds is 5. The second-order valence-corrected chi connectivity index (χ2v) is 5.77. The highest BCUT2D eigenvalue weighted by Crippen LogP contribution is 2.23. The molecular weight excluding hydrogens is 340 g/mol. The molecule has 5 nitrogen and oxygen atoms in total. The number of urea groups is 1. The summed E-state index contributed by atoms with van der Waals surface area (Å²) < 4.78 is 0. The van der Waals surface area contributed by atoms with Crippen LogP contribution in [0.3, 0.4) is 0 Å². The second-order valence-electron chi connectivity index (χ2n) is 5.77. The summed E-state index contributed by atoms with van der Waals surface area (Å²) in [5.74, 6) is -0.597. The van der Waals surface area contributed by atoms with E-state index in [1.165, 1.54) is 6.08 Å². The smallest absolute Gasteiger partial charge is 0.307 e. The molecule has 0 unspecified atom stereocenters. The summed E-state index contributed by atoms with van der Waals surface area (Å²) in [7, 11) is 0. The predicted octanol–water partition coefficient (Wildman–Crippen LogP) is 4.02. The first-order valence-electron chi connectivity index (χ1n) is 8.37. The average molecular weight is 357 g/mol. The number of anilines is 1. The molecule has 0 aliphatic carbocycles. The third kappa shape index (κ3) is 4.46. The van der Waals surface area contributed by atoms with E-state index >= 15 is 0 Å². The molecule has 3 amide bonds. The average Bonchev–Trinajstić information content (AvgIpc) is 2.71. The van der Waals surface area contributed by atoms with E-state index in [4.69, 9.17) is 0 Å². The lowest BCUT2D eigenvalue weighted by molar-refractivity contribution is -0.122. The summed E-state index contributed by atoms with van der Waals surface area (Å²) in [5, 5.41) is 4.50. The summed E-state index contributed by atoms with van der Waals surface area (Å²) in [4.78, 5) is 36.6. The number of carbonyl (C=O) groups is 2. The fourth-order valence-electron chi connectivity index (χ4n) is 2.65. The summed E-state index contributed by atoms with van der Waals surface area (Å²) in [6.45, 7) is -0.450. The van der Waals surface area contributed by atoms with E-state index in [9.17, 15) is 14.4 Å². The largest absolute Gasteiger partial charge is 0.329 e. The summed E-state index contributed by atoms with van der Waals surface area (Å²) >= 11 is 0. The Morgan fingerprint density at radius 3 is 2.41 bits per heavy atom. The third-order valence-corrected chi connectivity index (χ3v) is 3.98. The quantitative estimate of drug-likeness (QED) is 0.701. The van der Waals surface area contributed by atoms with Crippen molar-refractivity contribution in [2.45, 2.75) is 0 Å². The first kappa shape index (κ1) is 18.1. The summed E-state index contributed by atoms with van der Waals surface area (Å²) in [6, 6.07) is 21.6. The highest BCUT2D eigenvalue weighted by Gasteiger charge is 2.20. The first-order valence-corrected chi connectivity index (χ1v) is 8.37. The topological polar surface area (TPSA) is 66.5 Å². The minimum atomic E-state index is -0.683. The van der Waals surface area contributed by atoms with Crippen LogP contribution in [0.5, 0.6) is 0 Å². The highest BCUT2D eigenvalue weighted by atomic mass is 16.2. The van der Waals surface area contributed by atoms with Gasteiger partial charge in [0.2, 0.25) is 6.29 Å². The van der Waals surface area contributed by atoms with Crippen molar-refractivity contribution in [3.63, 3.8) is 0 Å². The zero-order chi connectivity index (χ0) is 19.1. The van der Waals surface area contributed by atoms with Crippen molar-refractivity contribution in [2.24, 2.45) is 0 Å². The summed E-state index contributed by atoms with van der Waals surface area (Å²) in [6.07, 6.45) is 4.46. The maximum atomic E-state index is 12.6. The number of imide groups is 1. The van der Waals surface area contributed by atoms with Gasteiger partial charge in [-0.05, 0) is 23.1 Å². The van der Waals surface area contributed by atoms with Gasteiger partial charge in [-0.1, -0.05) is 66.7 Å². The molecule has 5 heteroatoms. The highest BCUT2D eigenvalue weighted by molar-refractivity contribution is 6.10. The lowest BCUT2D eigenvalue weighted by Gasteiger charge is -2.18. The molecule has 133 valence electrons. The molecular formula is C22H17N2O3. The molecule has 3 aromatic carbocycles. The minimum Gasteiger partial charge on any atom is -0.307 e. The normalized spacial score (nSPS) is 10.7. The number of hydrogen-bond donors (Lipinski definition) is 1. The third-order valence-electron chi connectivity index (χ3n) is 3.98. The van der Waals surface area contributed by atoms with Crippen molar-refractivity contribution in [3.05, 3.63) is 84.4 Å². The molecule has 1 N–H and O–H groups in total. The predicted molar refractivity (Wildman–Crippen MR) is 106 cm³/mol. The van der Waals surface area contributed by atoms with Crippen LogP contribution >= 0.6 is 0 Å². The maximum absolute atomic E-state index is 12.6. The Balaban J connectivity index is 1.79. The van der Waals surface area contributed by atoms with Crippen LogP contribution in [0.15, 0.2) is 78.9 Å². The van der Waals surface area contributed by atoms with Crippen LogP contribution in [0.25, 0.3) is 16.8 Å². The molecule has 0 aromatic heterocycles. The number of hydrogen-bond acceptors (Lipinski definition) is 3. The van der Waals surface area contributed by atoms with E-state index < -0.39 is 18.5 Å². The summed E-state index contributed by atoms with van der Waals surface area (Å²) in [5.41, 5.74) is 1.38. The molecule has 3 rings (SSSR count). The molecule has 0 bridgehead atoms. The van der Waals surface area contributed by atoms with E-state index in [0.29, 0.717) is 5.69 Å². The molecule has 3 aromatic rings. The fourth-order valence-corrected chi connectivity index (χ4v) is 2.65. The Morgan fingerprint density at radius 2 is 1.63 bits per heavy atom. The van der Waals surface area contributed by atoms with Gasteiger partial charge >= 0.3 is 6.03 Å². The van der Waals surface area contributed by atoms with Gasteiger partial charge in [0, 0.05) is 11.5 Å². The molecule has 0 saturated carbocycles. The molecule has 0 spiro atoms. The molecule has 1 radical (unpaired) electrons. The molecule has 0 heterocycles. The number of nitrogens with zero attached hydrogens (tertiary/aromatic N) is 1. The van der Waals surface area contributed by atoms with Gasteiger partial charge in [0.15, 0.2) is 0 Å². The number of fused-ring (bicyclic) bond motifs is 1. The Kier molecular flexibility index (Phi) is 5.74. The van der Waals surface area contributed by atoms with Crippen molar-refractivity contribution in [3.8, 4) is 0 Å². The lowest BCUT2D eigenvalue weighted by Crippen LogP contribution is -2.40.